The van der Waals surface area contributed by atoms with Gasteiger partial charge in [0.1, 0.15) is 0 Å². The Hall–Kier alpha value is -1.14. The van der Waals surface area contributed by atoms with Crippen LogP contribution in [0.4, 0.5) is 0 Å². The Bertz CT molecular complexity index is 242. The molecule has 0 bridgehead atoms. The van der Waals surface area contributed by atoms with E-state index >= 15 is 0 Å². The number of carbonyl (C=O) groups excluding carboxylic acids is 2. The van der Waals surface area contributed by atoms with Gasteiger partial charge in [-0.15, -0.1) is 0 Å². The van der Waals surface area contributed by atoms with Gasteiger partial charge in [-0.2, -0.15) is 0 Å². The molecule has 100 valence electrons. The second kappa shape index (κ2) is 8.95. The fourth-order valence-electron chi connectivity index (χ4n) is 1.28. The fraction of sp³-hybridized carbons (Fsp3) is 0.818. The Morgan fingerprint density at radius 1 is 0.882 bits per heavy atom. The highest BCUT2D eigenvalue weighted by molar-refractivity contribution is 5.79. The van der Waals surface area contributed by atoms with Gasteiger partial charge in [0, 0.05) is 26.7 Å². The lowest BCUT2D eigenvalue weighted by molar-refractivity contribution is -0.131. The average Bonchev–Trinajstić information content (AvgIpc) is 2.34. The van der Waals surface area contributed by atoms with E-state index in [9.17, 15) is 9.59 Å². The van der Waals surface area contributed by atoms with Crippen molar-refractivity contribution in [3.63, 3.8) is 0 Å². The highest BCUT2D eigenvalue weighted by atomic mass is 16.2. The highest BCUT2D eigenvalue weighted by Gasteiger charge is 2.09. The van der Waals surface area contributed by atoms with Crippen LogP contribution in [0.3, 0.4) is 0 Å². The Morgan fingerprint density at radius 2 is 1.35 bits per heavy atom. The fourth-order valence-corrected chi connectivity index (χ4v) is 1.28. The van der Waals surface area contributed by atoms with Crippen LogP contribution < -0.4 is 10.9 Å². The first-order valence-corrected chi connectivity index (χ1v) is 6.04. The number of amides is 2. The third kappa shape index (κ3) is 6.23. The van der Waals surface area contributed by atoms with Gasteiger partial charge in [-0.25, -0.2) is 10.9 Å². The van der Waals surface area contributed by atoms with E-state index in [1.54, 1.807) is 16.8 Å². The van der Waals surface area contributed by atoms with E-state index in [1.165, 1.54) is 0 Å². The largest absolute Gasteiger partial charge is 0.345 e. The lowest BCUT2D eigenvalue weighted by Crippen LogP contribution is -2.46. The molecule has 0 aromatic heterocycles. The summed E-state index contributed by atoms with van der Waals surface area (Å²) in [4.78, 5) is 26.3. The van der Waals surface area contributed by atoms with Crippen LogP contribution in [0.2, 0.25) is 0 Å². The summed E-state index contributed by atoms with van der Waals surface area (Å²) < 4.78 is 0. The second-order valence-corrected chi connectivity index (χ2v) is 3.68. The van der Waals surface area contributed by atoms with Crippen molar-refractivity contribution in [3.8, 4) is 0 Å². The molecule has 0 radical (unpaired) electrons. The maximum atomic E-state index is 11.6. The summed E-state index contributed by atoms with van der Waals surface area (Å²) in [6.45, 7) is 8.26. The molecule has 0 spiro atoms. The quantitative estimate of drug-likeness (QED) is 0.443. The number of rotatable bonds is 8. The van der Waals surface area contributed by atoms with Gasteiger partial charge in [0.15, 0.2) is 0 Å². The number of nitrogens with one attached hydrogen (secondary N) is 2. The van der Waals surface area contributed by atoms with Gasteiger partial charge in [-0.3, -0.25) is 9.59 Å². The Kier molecular flexibility index (Phi) is 8.35. The van der Waals surface area contributed by atoms with Crippen molar-refractivity contribution in [2.45, 2.75) is 20.8 Å². The highest BCUT2D eigenvalue weighted by Crippen LogP contribution is 1.86. The third-order valence-electron chi connectivity index (χ3n) is 2.62. The molecule has 6 heteroatoms. The second-order valence-electron chi connectivity index (χ2n) is 3.68. The van der Waals surface area contributed by atoms with Gasteiger partial charge in [-0.1, -0.05) is 0 Å². The molecule has 0 aliphatic rings. The molecule has 0 saturated carbocycles. The van der Waals surface area contributed by atoms with Gasteiger partial charge in [0.25, 0.3) is 0 Å². The first-order chi connectivity index (χ1) is 8.06. The van der Waals surface area contributed by atoms with Crippen molar-refractivity contribution in [2.75, 3.05) is 39.8 Å². The Labute approximate surface area is 103 Å². The summed E-state index contributed by atoms with van der Waals surface area (Å²) >= 11 is 0. The molecule has 17 heavy (non-hydrogen) atoms. The first kappa shape index (κ1) is 15.9. The Balaban J connectivity index is 3.71. The molecule has 2 amide bonds. The van der Waals surface area contributed by atoms with E-state index in [0.29, 0.717) is 19.6 Å². The predicted molar refractivity (Wildman–Crippen MR) is 67.2 cm³/mol. The summed E-state index contributed by atoms with van der Waals surface area (Å²) in [7, 11) is 1.74. The number of hydrazine groups is 1. The summed E-state index contributed by atoms with van der Waals surface area (Å²) in [5, 5.41) is 0. The van der Waals surface area contributed by atoms with Crippen LogP contribution in [0.15, 0.2) is 0 Å². The number of hydrogen-bond donors (Lipinski definition) is 2. The summed E-state index contributed by atoms with van der Waals surface area (Å²) in [5.74, 6) is 0.0223. The van der Waals surface area contributed by atoms with Crippen molar-refractivity contribution in [1.29, 1.82) is 0 Å². The van der Waals surface area contributed by atoms with Crippen LogP contribution in [0, 0.1) is 0 Å². The number of hydrogen-bond acceptors (Lipinski definition) is 4. The minimum Gasteiger partial charge on any atom is -0.345 e. The zero-order valence-corrected chi connectivity index (χ0v) is 11.2. The molecule has 0 rings (SSSR count). The molecule has 0 fully saturated rings. The summed E-state index contributed by atoms with van der Waals surface area (Å²) in [5.41, 5.74) is 5.50. The zero-order chi connectivity index (χ0) is 13.3. The molecule has 0 aliphatic heterocycles. The van der Waals surface area contributed by atoms with Gasteiger partial charge in [0.05, 0.1) is 13.1 Å². The van der Waals surface area contributed by atoms with Crippen LogP contribution in [-0.2, 0) is 9.59 Å². The molecule has 2 N–H and O–H groups in total. The molecular weight excluding hydrogens is 220 g/mol. The number of likely N-dealkylation sites (N-methyl/N-ethyl adjacent to an activating group) is 2. The lowest BCUT2D eigenvalue weighted by atomic mass is 10.4. The van der Waals surface area contributed by atoms with Gasteiger partial charge in [-0.05, 0) is 20.8 Å². The van der Waals surface area contributed by atoms with Crippen LogP contribution >= 0.6 is 0 Å². The molecule has 0 aromatic carbocycles. The summed E-state index contributed by atoms with van der Waals surface area (Å²) in [6, 6.07) is 0. The van der Waals surface area contributed by atoms with Crippen molar-refractivity contribution in [1.82, 2.24) is 20.7 Å². The van der Waals surface area contributed by atoms with Crippen LogP contribution in [-0.4, -0.2) is 61.4 Å². The Morgan fingerprint density at radius 3 is 1.76 bits per heavy atom. The number of nitrogens with zero attached hydrogens (tertiary/aromatic N) is 2. The summed E-state index contributed by atoms with van der Waals surface area (Å²) in [6.07, 6.45) is 0. The minimum absolute atomic E-state index is 0.00436. The van der Waals surface area contributed by atoms with Gasteiger partial charge < -0.3 is 9.80 Å². The molecule has 0 atom stereocenters. The topological polar surface area (TPSA) is 64.7 Å². The van der Waals surface area contributed by atoms with Crippen molar-refractivity contribution < 1.29 is 9.59 Å². The lowest BCUT2D eigenvalue weighted by Gasteiger charge is -2.19. The zero-order valence-electron chi connectivity index (χ0n) is 11.2. The monoisotopic (exact) mass is 244 g/mol. The maximum absolute atomic E-state index is 11.6. The average molecular weight is 244 g/mol. The van der Waals surface area contributed by atoms with Gasteiger partial charge in [0.2, 0.25) is 11.8 Å². The smallest absolute Gasteiger partial charge is 0.237 e. The van der Waals surface area contributed by atoms with E-state index in [0.717, 1.165) is 0 Å². The molecule has 0 heterocycles. The molecule has 6 nitrogen and oxygen atoms in total. The molecule has 0 aliphatic carbocycles. The van der Waals surface area contributed by atoms with E-state index in [2.05, 4.69) is 10.9 Å². The van der Waals surface area contributed by atoms with Crippen molar-refractivity contribution in [2.24, 2.45) is 0 Å². The van der Waals surface area contributed by atoms with Crippen LogP contribution in [0.5, 0.6) is 0 Å². The SMILES string of the molecule is CCN(C)C(=O)CNNCC(=O)N(CC)CC. The van der Waals surface area contributed by atoms with E-state index in [1.807, 2.05) is 20.8 Å². The van der Waals surface area contributed by atoms with Crippen molar-refractivity contribution in [3.05, 3.63) is 0 Å². The van der Waals surface area contributed by atoms with E-state index in [-0.39, 0.29) is 24.9 Å². The molecular formula is C11H24N4O2. The van der Waals surface area contributed by atoms with Gasteiger partial charge >= 0.3 is 0 Å². The van der Waals surface area contributed by atoms with E-state index < -0.39 is 0 Å². The molecule has 0 unspecified atom stereocenters. The number of carbonyl (C=O) groups is 2. The normalized spacial score (nSPS) is 10.1. The first-order valence-electron chi connectivity index (χ1n) is 6.04. The standard InChI is InChI=1S/C11H24N4O2/c1-5-14(4)10(16)8-12-13-9-11(17)15(6-2)7-3/h12-13H,5-9H2,1-4H3. The predicted octanol–water partition coefficient (Wildman–Crippen LogP) is -0.573. The molecule has 0 saturated heterocycles. The maximum Gasteiger partial charge on any atom is 0.237 e. The van der Waals surface area contributed by atoms with Crippen LogP contribution in [0.25, 0.3) is 0 Å². The molecule has 0 aromatic rings. The van der Waals surface area contributed by atoms with Crippen molar-refractivity contribution >= 4 is 11.8 Å². The van der Waals surface area contributed by atoms with Crippen LogP contribution in [0.1, 0.15) is 20.8 Å². The van der Waals surface area contributed by atoms with E-state index in [4.69, 9.17) is 0 Å². The third-order valence-corrected chi connectivity index (χ3v) is 2.62. The minimum atomic E-state index is -0.00436.